The smallest absolute Gasteiger partial charge is 0.00313 e. The first-order chi connectivity index (χ1) is 5.77. The molecule has 74 valence electrons. The van der Waals surface area contributed by atoms with Gasteiger partial charge in [0.1, 0.15) is 0 Å². The summed E-state index contributed by atoms with van der Waals surface area (Å²) >= 11 is 3.43. The molecule has 0 rings (SSSR count). The average molecular weight is 236 g/mol. The third-order valence-corrected chi connectivity index (χ3v) is 2.45. The maximum Gasteiger partial charge on any atom is 0.00313 e. The Labute approximate surface area is 85.4 Å². The average Bonchev–Trinajstić information content (AvgIpc) is 2.02. The predicted molar refractivity (Wildman–Crippen MR) is 60.0 cm³/mol. The van der Waals surface area contributed by atoms with Gasteiger partial charge in [-0.15, -0.1) is 0 Å². The molecule has 1 nitrogen and oxygen atoms in total. The Morgan fingerprint density at radius 3 is 2.42 bits per heavy atom. The van der Waals surface area contributed by atoms with Crippen molar-refractivity contribution in [3.63, 3.8) is 0 Å². The fraction of sp³-hybridized carbons (Fsp3) is 1.00. The molecule has 0 aromatic carbocycles. The molecule has 0 aliphatic heterocycles. The normalized spacial score (nSPS) is 11.0. The third kappa shape index (κ3) is 10.4. The van der Waals surface area contributed by atoms with Gasteiger partial charge in [0.25, 0.3) is 0 Å². The van der Waals surface area contributed by atoms with Crippen LogP contribution in [0.2, 0.25) is 0 Å². The first-order valence-corrected chi connectivity index (χ1v) is 6.16. The van der Waals surface area contributed by atoms with Crippen LogP contribution in [0.1, 0.15) is 39.5 Å². The molecule has 0 atom stereocenters. The van der Waals surface area contributed by atoms with Gasteiger partial charge in [-0.2, -0.15) is 0 Å². The molecular formula is C10H22BrN. The third-order valence-electron chi connectivity index (χ3n) is 1.89. The summed E-state index contributed by atoms with van der Waals surface area (Å²) in [7, 11) is 0. The van der Waals surface area contributed by atoms with E-state index in [-0.39, 0.29) is 0 Å². The van der Waals surface area contributed by atoms with Crippen LogP contribution in [0, 0.1) is 5.92 Å². The van der Waals surface area contributed by atoms with Gasteiger partial charge in [0.15, 0.2) is 0 Å². The zero-order valence-corrected chi connectivity index (χ0v) is 9.99. The second-order valence-electron chi connectivity index (χ2n) is 3.68. The van der Waals surface area contributed by atoms with Crippen LogP contribution in [-0.4, -0.2) is 18.4 Å². The van der Waals surface area contributed by atoms with Crippen molar-refractivity contribution < 1.29 is 0 Å². The maximum absolute atomic E-state index is 3.46. The highest BCUT2D eigenvalue weighted by atomic mass is 79.9. The lowest BCUT2D eigenvalue weighted by molar-refractivity contribution is 0.526. The van der Waals surface area contributed by atoms with E-state index in [4.69, 9.17) is 0 Å². The number of unbranched alkanes of at least 4 members (excludes halogenated alkanes) is 2. The van der Waals surface area contributed by atoms with Crippen LogP contribution >= 0.6 is 15.9 Å². The fourth-order valence-corrected chi connectivity index (χ4v) is 1.43. The van der Waals surface area contributed by atoms with Gasteiger partial charge in [0.2, 0.25) is 0 Å². The molecule has 0 heterocycles. The quantitative estimate of drug-likeness (QED) is 0.504. The first kappa shape index (κ1) is 12.4. The van der Waals surface area contributed by atoms with E-state index in [0.29, 0.717) is 0 Å². The van der Waals surface area contributed by atoms with Crippen molar-refractivity contribution >= 4 is 15.9 Å². The fourth-order valence-electron chi connectivity index (χ4n) is 1.04. The Morgan fingerprint density at radius 1 is 1.08 bits per heavy atom. The Kier molecular flexibility index (Phi) is 9.88. The molecule has 0 saturated carbocycles. The van der Waals surface area contributed by atoms with E-state index < -0.39 is 0 Å². The minimum absolute atomic E-state index is 0.833. The summed E-state index contributed by atoms with van der Waals surface area (Å²) in [6.45, 7) is 6.92. The van der Waals surface area contributed by atoms with Crippen molar-refractivity contribution in [1.82, 2.24) is 5.32 Å². The molecule has 0 aliphatic rings. The molecule has 0 unspecified atom stereocenters. The van der Waals surface area contributed by atoms with Gasteiger partial charge >= 0.3 is 0 Å². The lowest BCUT2D eigenvalue weighted by atomic mass is 10.1. The topological polar surface area (TPSA) is 12.0 Å². The molecule has 0 amide bonds. The second-order valence-corrected chi connectivity index (χ2v) is 4.48. The number of alkyl halides is 1. The molecule has 0 aliphatic carbocycles. The van der Waals surface area contributed by atoms with Crippen LogP contribution < -0.4 is 5.32 Å². The molecule has 0 bridgehead atoms. The molecule has 0 fully saturated rings. The minimum Gasteiger partial charge on any atom is -0.317 e. The SMILES string of the molecule is CC(C)CCNCCCCCBr. The summed E-state index contributed by atoms with van der Waals surface area (Å²) in [6.07, 6.45) is 5.29. The van der Waals surface area contributed by atoms with Crippen molar-refractivity contribution in [3.8, 4) is 0 Å². The van der Waals surface area contributed by atoms with Gasteiger partial charge in [0, 0.05) is 5.33 Å². The molecule has 0 aromatic rings. The van der Waals surface area contributed by atoms with Crippen LogP contribution in [0.15, 0.2) is 0 Å². The van der Waals surface area contributed by atoms with E-state index in [1.807, 2.05) is 0 Å². The molecule has 0 saturated heterocycles. The number of rotatable bonds is 8. The van der Waals surface area contributed by atoms with Gasteiger partial charge in [0.05, 0.1) is 0 Å². The summed E-state index contributed by atoms with van der Waals surface area (Å²) in [4.78, 5) is 0. The van der Waals surface area contributed by atoms with Gasteiger partial charge in [-0.3, -0.25) is 0 Å². The molecular weight excluding hydrogens is 214 g/mol. The largest absolute Gasteiger partial charge is 0.317 e. The first-order valence-electron chi connectivity index (χ1n) is 5.04. The Balaban J connectivity index is 2.82. The second kappa shape index (κ2) is 9.53. The van der Waals surface area contributed by atoms with E-state index in [1.165, 1.54) is 38.8 Å². The summed E-state index contributed by atoms with van der Waals surface area (Å²) < 4.78 is 0. The maximum atomic E-state index is 3.46. The standard InChI is InChI=1S/C10H22BrN/c1-10(2)6-9-12-8-5-3-4-7-11/h10,12H,3-9H2,1-2H3. The van der Waals surface area contributed by atoms with E-state index in [1.54, 1.807) is 0 Å². The van der Waals surface area contributed by atoms with Crippen LogP contribution in [0.3, 0.4) is 0 Å². The summed E-state index contributed by atoms with van der Waals surface area (Å²) in [5, 5.41) is 4.61. The van der Waals surface area contributed by atoms with Gasteiger partial charge < -0.3 is 5.32 Å². The van der Waals surface area contributed by atoms with Crippen molar-refractivity contribution in [2.75, 3.05) is 18.4 Å². The number of halogens is 1. The lowest BCUT2D eigenvalue weighted by Gasteiger charge is -2.05. The van der Waals surface area contributed by atoms with E-state index in [9.17, 15) is 0 Å². The lowest BCUT2D eigenvalue weighted by Crippen LogP contribution is -2.17. The van der Waals surface area contributed by atoms with E-state index in [2.05, 4.69) is 35.1 Å². The molecule has 0 radical (unpaired) electrons. The predicted octanol–water partition coefficient (Wildman–Crippen LogP) is 3.19. The summed E-state index contributed by atoms with van der Waals surface area (Å²) in [5.74, 6) is 0.833. The van der Waals surface area contributed by atoms with Gasteiger partial charge in [-0.05, 0) is 38.3 Å². The number of hydrogen-bond acceptors (Lipinski definition) is 1. The van der Waals surface area contributed by atoms with Crippen molar-refractivity contribution in [1.29, 1.82) is 0 Å². The van der Waals surface area contributed by atoms with Gasteiger partial charge in [-0.1, -0.05) is 36.2 Å². The van der Waals surface area contributed by atoms with Crippen molar-refractivity contribution in [3.05, 3.63) is 0 Å². The number of hydrogen-bond donors (Lipinski definition) is 1. The van der Waals surface area contributed by atoms with E-state index in [0.717, 1.165) is 11.2 Å². The zero-order chi connectivity index (χ0) is 9.23. The Hall–Kier alpha value is 0.440. The van der Waals surface area contributed by atoms with Gasteiger partial charge in [-0.25, -0.2) is 0 Å². The summed E-state index contributed by atoms with van der Waals surface area (Å²) in [5.41, 5.74) is 0. The molecule has 0 aromatic heterocycles. The molecule has 12 heavy (non-hydrogen) atoms. The van der Waals surface area contributed by atoms with Crippen LogP contribution in [-0.2, 0) is 0 Å². The minimum atomic E-state index is 0.833. The van der Waals surface area contributed by atoms with Crippen LogP contribution in [0.4, 0.5) is 0 Å². The van der Waals surface area contributed by atoms with Crippen molar-refractivity contribution in [2.24, 2.45) is 5.92 Å². The monoisotopic (exact) mass is 235 g/mol. The number of nitrogens with one attached hydrogen (secondary N) is 1. The summed E-state index contributed by atoms with van der Waals surface area (Å²) in [6, 6.07) is 0. The Bertz CT molecular complexity index is 83.9. The van der Waals surface area contributed by atoms with Crippen molar-refractivity contribution in [2.45, 2.75) is 39.5 Å². The highest BCUT2D eigenvalue weighted by Gasteiger charge is 1.92. The van der Waals surface area contributed by atoms with Crippen LogP contribution in [0.25, 0.3) is 0 Å². The zero-order valence-electron chi connectivity index (χ0n) is 8.41. The molecule has 0 spiro atoms. The molecule has 2 heteroatoms. The highest BCUT2D eigenvalue weighted by Crippen LogP contribution is 1.98. The van der Waals surface area contributed by atoms with E-state index >= 15 is 0 Å². The highest BCUT2D eigenvalue weighted by molar-refractivity contribution is 9.09. The Morgan fingerprint density at radius 2 is 1.83 bits per heavy atom. The molecule has 1 N–H and O–H groups in total. The van der Waals surface area contributed by atoms with Crippen LogP contribution in [0.5, 0.6) is 0 Å².